The third-order valence-electron chi connectivity index (χ3n) is 7.03. The zero-order valence-corrected chi connectivity index (χ0v) is 20.9. The number of halogens is 3. The number of nitrogens with one attached hydrogen (secondary N) is 1. The van der Waals surface area contributed by atoms with Gasteiger partial charge in [0.15, 0.2) is 17.4 Å². The molecule has 1 aliphatic carbocycles. The Labute approximate surface area is 218 Å². The predicted octanol–water partition coefficient (Wildman–Crippen LogP) is 6.20. The number of hydrogen-bond donors (Lipinski definition) is 1. The third kappa shape index (κ3) is 5.77. The number of methoxy groups -OCH3 is 1. The molecule has 5 rings (SSSR count). The fourth-order valence-corrected chi connectivity index (χ4v) is 4.85. The van der Waals surface area contributed by atoms with Crippen molar-refractivity contribution in [3.63, 3.8) is 0 Å². The molecule has 1 amide bonds. The minimum absolute atomic E-state index is 0.0303. The van der Waals surface area contributed by atoms with Crippen molar-refractivity contribution in [1.82, 2.24) is 15.1 Å². The molecule has 0 bridgehead atoms. The van der Waals surface area contributed by atoms with Crippen LogP contribution in [0.5, 0.6) is 11.5 Å². The van der Waals surface area contributed by atoms with Crippen LogP contribution in [0.1, 0.15) is 47.6 Å². The van der Waals surface area contributed by atoms with E-state index in [1.807, 2.05) is 10.9 Å². The van der Waals surface area contributed by atoms with Crippen LogP contribution in [-0.4, -0.2) is 29.3 Å². The number of ether oxygens (including phenoxy) is 2. The summed E-state index contributed by atoms with van der Waals surface area (Å²) in [5, 5.41) is 8.22. The number of hydrogen-bond acceptors (Lipinski definition) is 4. The molecule has 4 aromatic rings. The highest BCUT2D eigenvalue weighted by Crippen LogP contribution is 2.32. The summed E-state index contributed by atoms with van der Waals surface area (Å²) >= 11 is 0. The summed E-state index contributed by atoms with van der Waals surface area (Å²) in [6, 6.07) is 13.7. The molecule has 0 aliphatic heterocycles. The molecule has 3 aromatic carbocycles. The highest BCUT2D eigenvalue weighted by atomic mass is 19.1. The van der Waals surface area contributed by atoms with Crippen LogP contribution in [-0.2, 0) is 6.61 Å². The monoisotopic (exact) mass is 523 g/mol. The topological polar surface area (TPSA) is 65.4 Å². The Morgan fingerprint density at radius 1 is 1.00 bits per heavy atom. The molecule has 0 spiro atoms. The Morgan fingerprint density at radius 2 is 1.71 bits per heavy atom. The van der Waals surface area contributed by atoms with Gasteiger partial charge in [0.05, 0.1) is 18.7 Å². The highest BCUT2D eigenvalue weighted by Gasteiger charge is 2.24. The van der Waals surface area contributed by atoms with E-state index in [4.69, 9.17) is 9.47 Å². The largest absolute Gasteiger partial charge is 0.497 e. The van der Waals surface area contributed by atoms with Gasteiger partial charge in [0.2, 0.25) is 0 Å². The molecule has 0 unspecified atom stereocenters. The standard InChI is InChI=1S/C29H28F3N3O3/c1-37-24-10-4-19(5-11-24)17-38-28-25(31)12-21(13-26(28)32)29(36)33-15-18-2-8-23(9-3-18)35-16-20-6-7-22(30)14-27(20)34-35/h4-7,10-14,16,18,23H,2-3,8-9,15,17H2,1H3,(H,33,36). The van der Waals surface area contributed by atoms with E-state index in [2.05, 4.69) is 10.4 Å². The fourth-order valence-electron chi connectivity index (χ4n) is 4.85. The molecule has 0 atom stereocenters. The van der Waals surface area contributed by atoms with Gasteiger partial charge in [-0.3, -0.25) is 9.48 Å². The summed E-state index contributed by atoms with van der Waals surface area (Å²) in [5.41, 5.74) is 1.26. The average molecular weight is 524 g/mol. The maximum atomic E-state index is 14.6. The summed E-state index contributed by atoms with van der Waals surface area (Å²) in [4.78, 5) is 12.6. The van der Waals surface area contributed by atoms with Gasteiger partial charge >= 0.3 is 0 Å². The van der Waals surface area contributed by atoms with Gasteiger partial charge in [-0.25, -0.2) is 13.2 Å². The van der Waals surface area contributed by atoms with Crippen LogP contribution in [0.4, 0.5) is 13.2 Å². The molecule has 198 valence electrons. The van der Waals surface area contributed by atoms with E-state index < -0.39 is 23.3 Å². The van der Waals surface area contributed by atoms with E-state index in [1.165, 1.54) is 12.1 Å². The van der Waals surface area contributed by atoms with Crippen molar-refractivity contribution in [3.05, 3.63) is 89.4 Å². The van der Waals surface area contributed by atoms with Gasteiger partial charge in [-0.1, -0.05) is 12.1 Å². The molecule has 0 radical (unpaired) electrons. The van der Waals surface area contributed by atoms with Crippen LogP contribution < -0.4 is 14.8 Å². The Bertz CT molecular complexity index is 1410. The van der Waals surface area contributed by atoms with Crippen LogP contribution in [0.3, 0.4) is 0 Å². The zero-order valence-electron chi connectivity index (χ0n) is 20.9. The van der Waals surface area contributed by atoms with Crippen molar-refractivity contribution in [3.8, 4) is 11.5 Å². The zero-order chi connectivity index (χ0) is 26.6. The Hall–Kier alpha value is -4.01. The first-order valence-corrected chi connectivity index (χ1v) is 12.6. The van der Waals surface area contributed by atoms with Gasteiger partial charge < -0.3 is 14.8 Å². The van der Waals surface area contributed by atoms with Crippen molar-refractivity contribution in [2.45, 2.75) is 38.3 Å². The average Bonchev–Trinajstić information content (AvgIpc) is 3.35. The summed E-state index contributed by atoms with van der Waals surface area (Å²) in [5.74, 6) is -2.32. The molecule has 9 heteroatoms. The SMILES string of the molecule is COc1ccc(COc2c(F)cc(C(=O)NCC3CCC(n4cc5ccc(F)cc5n4)CC3)cc2F)cc1. The van der Waals surface area contributed by atoms with E-state index in [0.29, 0.717) is 17.8 Å². The number of aromatic nitrogens is 2. The van der Waals surface area contributed by atoms with Crippen LogP contribution in [0.25, 0.3) is 10.9 Å². The van der Waals surface area contributed by atoms with Crippen LogP contribution in [0.2, 0.25) is 0 Å². The lowest BCUT2D eigenvalue weighted by Gasteiger charge is -2.28. The van der Waals surface area contributed by atoms with Gasteiger partial charge in [-0.05, 0) is 73.6 Å². The minimum Gasteiger partial charge on any atom is -0.497 e. The van der Waals surface area contributed by atoms with Crippen LogP contribution >= 0.6 is 0 Å². The molecular weight excluding hydrogens is 495 g/mol. The van der Waals surface area contributed by atoms with Crippen LogP contribution in [0.15, 0.2) is 60.8 Å². The molecule has 1 fully saturated rings. The molecular formula is C29H28F3N3O3. The summed E-state index contributed by atoms with van der Waals surface area (Å²) < 4.78 is 55.0. The number of benzene rings is 3. The van der Waals surface area contributed by atoms with Crippen molar-refractivity contribution < 1.29 is 27.4 Å². The first-order chi connectivity index (χ1) is 18.4. The number of rotatable bonds is 8. The van der Waals surface area contributed by atoms with E-state index in [-0.39, 0.29) is 29.9 Å². The number of fused-ring (bicyclic) bond motifs is 1. The van der Waals surface area contributed by atoms with E-state index in [9.17, 15) is 18.0 Å². The minimum atomic E-state index is -0.935. The second-order valence-electron chi connectivity index (χ2n) is 9.60. The molecule has 1 saturated carbocycles. The van der Waals surface area contributed by atoms with E-state index >= 15 is 0 Å². The van der Waals surface area contributed by atoms with Gasteiger partial charge in [0, 0.05) is 29.8 Å². The molecule has 1 N–H and O–H groups in total. The molecule has 1 aliphatic rings. The summed E-state index contributed by atoms with van der Waals surface area (Å²) in [7, 11) is 1.55. The smallest absolute Gasteiger partial charge is 0.251 e. The lowest BCUT2D eigenvalue weighted by atomic mass is 9.86. The van der Waals surface area contributed by atoms with Gasteiger partial charge in [0.25, 0.3) is 5.91 Å². The summed E-state index contributed by atoms with van der Waals surface area (Å²) in [6.45, 7) is 0.383. The summed E-state index contributed by atoms with van der Waals surface area (Å²) in [6.07, 6.45) is 5.43. The van der Waals surface area contributed by atoms with Crippen molar-refractivity contribution in [2.75, 3.05) is 13.7 Å². The van der Waals surface area contributed by atoms with Crippen molar-refractivity contribution >= 4 is 16.8 Å². The molecule has 1 aromatic heterocycles. The highest BCUT2D eigenvalue weighted by molar-refractivity contribution is 5.94. The lowest BCUT2D eigenvalue weighted by molar-refractivity contribution is 0.0940. The number of carbonyl (C=O) groups excluding carboxylic acids is 1. The van der Waals surface area contributed by atoms with Gasteiger partial charge in [-0.2, -0.15) is 5.10 Å². The second-order valence-corrected chi connectivity index (χ2v) is 9.60. The number of nitrogens with zero attached hydrogens (tertiary/aromatic N) is 2. The first-order valence-electron chi connectivity index (χ1n) is 12.6. The quantitative estimate of drug-likeness (QED) is 0.299. The predicted molar refractivity (Wildman–Crippen MR) is 137 cm³/mol. The Balaban J connectivity index is 1.12. The van der Waals surface area contributed by atoms with E-state index in [1.54, 1.807) is 37.4 Å². The fraction of sp³-hybridized carbons (Fsp3) is 0.310. The third-order valence-corrected chi connectivity index (χ3v) is 7.03. The molecule has 0 saturated heterocycles. The molecule has 1 heterocycles. The van der Waals surface area contributed by atoms with Gasteiger partial charge in [0.1, 0.15) is 18.2 Å². The Morgan fingerprint density at radius 3 is 2.39 bits per heavy atom. The normalized spacial score (nSPS) is 17.4. The maximum absolute atomic E-state index is 14.6. The molecule has 38 heavy (non-hydrogen) atoms. The second kappa shape index (κ2) is 11.2. The van der Waals surface area contributed by atoms with Gasteiger partial charge in [-0.15, -0.1) is 0 Å². The maximum Gasteiger partial charge on any atom is 0.251 e. The number of amides is 1. The Kier molecular flexibility index (Phi) is 7.53. The van der Waals surface area contributed by atoms with E-state index in [0.717, 1.165) is 48.8 Å². The van der Waals surface area contributed by atoms with Crippen LogP contribution in [0, 0.1) is 23.4 Å². The van der Waals surface area contributed by atoms with Crippen molar-refractivity contribution in [2.24, 2.45) is 5.92 Å². The lowest BCUT2D eigenvalue weighted by Crippen LogP contribution is -2.32. The first kappa shape index (κ1) is 25.6. The van der Waals surface area contributed by atoms with Crippen molar-refractivity contribution in [1.29, 1.82) is 0 Å². The number of carbonyl (C=O) groups is 1. The molecule has 6 nitrogen and oxygen atoms in total.